The molecule has 0 bridgehead atoms. The van der Waals surface area contributed by atoms with Gasteiger partial charge in [0.15, 0.2) is 0 Å². The van der Waals surface area contributed by atoms with Crippen molar-refractivity contribution in [2.45, 2.75) is 96.1 Å². The summed E-state index contributed by atoms with van der Waals surface area (Å²) in [6.45, 7) is 8.99. The summed E-state index contributed by atoms with van der Waals surface area (Å²) >= 11 is 0. The maximum Gasteiger partial charge on any atom is 0.292 e. The number of nitrogens with zero attached hydrogens (tertiary/aromatic N) is 6. The van der Waals surface area contributed by atoms with Gasteiger partial charge in [-0.25, -0.2) is 18.3 Å². The van der Waals surface area contributed by atoms with E-state index in [4.69, 9.17) is 4.52 Å². The van der Waals surface area contributed by atoms with Crippen LogP contribution in [-0.4, -0.2) is 79.0 Å². The van der Waals surface area contributed by atoms with Crippen LogP contribution >= 0.6 is 0 Å². The Morgan fingerprint density at radius 2 is 1.88 bits per heavy atom. The number of benzene rings is 2. The van der Waals surface area contributed by atoms with E-state index in [0.717, 1.165) is 52.7 Å². The fourth-order valence-electron chi connectivity index (χ4n) is 7.38. The zero-order chi connectivity index (χ0) is 39.6. The van der Waals surface area contributed by atoms with Crippen molar-refractivity contribution < 1.29 is 27.7 Å². The van der Waals surface area contributed by atoms with Gasteiger partial charge in [0, 0.05) is 35.8 Å². The molecule has 294 valence electrons. The molecule has 5 heterocycles. The standard InChI is InChI=1S/C41H47F2N9O4/c1-25-19-28(8-9-29(25)21-44-38(55)36-49-39(56-50-36)40(2,3)4)35-33-20-26(22-52(33)46-24-45-35)7-5-6-17-51-18-16-31(41(42,43)23-51)27-10-12-30(13-11-27)47-32-14-15-34(53)48-37(32)54/h8-13,19-20,22,24,31-32,47H,5-7,14-18,21,23H2,1-4H3,(H,44,55)(H,48,53,54). The highest BCUT2D eigenvalue weighted by Gasteiger charge is 2.45. The lowest BCUT2D eigenvalue weighted by Crippen LogP contribution is -2.47. The number of aryl methyl sites for hydroxylation is 2. The first kappa shape index (κ1) is 38.7. The Morgan fingerprint density at radius 1 is 1.07 bits per heavy atom. The van der Waals surface area contributed by atoms with Gasteiger partial charge in [0.05, 0.1) is 23.7 Å². The molecule has 0 aliphatic carbocycles. The van der Waals surface area contributed by atoms with Gasteiger partial charge in [0.25, 0.3) is 17.7 Å². The van der Waals surface area contributed by atoms with Crippen LogP contribution in [0.1, 0.15) is 97.6 Å². The summed E-state index contributed by atoms with van der Waals surface area (Å²) in [5.74, 6) is -4.41. The van der Waals surface area contributed by atoms with E-state index in [1.54, 1.807) is 24.3 Å². The molecule has 5 aromatic rings. The zero-order valence-electron chi connectivity index (χ0n) is 32.1. The highest BCUT2D eigenvalue weighted by atomic mass is 19.3. The molecule has 0 saturated carbocycles. The van der Waals surface area contributed by atoms with E-state index in [1.807, 2.05) is 61.5 Å². The van der Waals surface area contributed by atoms with Crippen LogP contribution in [0.5, 0.6) is 0 Å². The highest BCUT2D eigenvalue weighted by molar-refractivity contribution is 6.01. The monoisotopic (exact) mass is 767 g/mol. The van der Waals surface area contributed by atoms with Crippen molar-refractivity contribution in [2.75, 3.05) is 25.0 Å². The molecule has 3 aromatic heterocycles. The second kappa shape index (κ2) is 15.9. The summed E-state index contributed by atoms with van der Waals surface area (Å²) in [7, 11) is 0. The molecule has 2 fully saturated rings. The quantitative estimate of drug-likeness (QED) is 0.102. The third-order valence-corrected chi connectivity index (χ3v) is 10.5. The normalized spacial score (nSPS) is 18.9. The van der Waals surface area contributed by atoms with E-state index in [2.05, 4.69) is 42.2 Å². The number of anilines is 1. The number of carbonyl (C=O) groups is 3. The van der Waals surface area contributed by atoms with E-state index in [0.29, 0.717) is 49.6 Å². The third kappa shape index (κ3) is 8.77. The number of unbranched alkanes of at least 4 members (excludes halogenated alkanes) is 1. The summed E-state index contributed by atoms with van der Waals surface area (Å²) in [6, 6.07) is 14.4. The number of likely N-dealkylation sites (tertiary alicyclic amines) is 1. The average Bonchev–Trinajstić information content (AvgIpc) is 3.83. The lowest BCUT2D eigenvalue weighted by Gasteiger charge is -2.38. The number of halogens is 2. The van der Waals surface area contributed by atoms with Gasteiger partial charge < -0.3 is 15.2 Å². The SMILES string of the molecule is Cc1cc(-c2ncnn3cc(CCCCN4CCC(c5ccc(NC6CCC(=O)NC6=O)cc5)C(F)(F)C4)cc23)ccc1CNC(=O)c1noc(C(C)(C)C)n1. The molecule has 15 heteroatoms. The summed E-state index contributed by atoms with van der Waals surface area (Å²) in [6.07, 6.45) is 6.94. The Kier molecular flexibility index (Phi) is 11.0. The molecule has 0 spiro atoms. The van der Waals surface area contributed by atoms with Crippen molar-refractivity contribution in [1.82, 2.24) is 40.3 Å². The second-order valence-electron chi connectivity index (χ2n) is 15.9. The number of aromatic nitrogens is 5. The summed E-state index contributed by atoms with van der Waals surface area (Å²) < 4.78 is 38.0. The number of carbonyl (C=O) groups excluding carboxylic acids is 3. The highest BCUT2D eigenvalue weighted by Crippen LogP contribution is 2.41. The van der Waals surface area contributed by atoms with Gasteiger partial charge >= 0.3 is 0 Å². The first-order valence-corrected chi connectivity index (χ1v) is 19.1. The summed E-state index contributed by atoms with van der Waals surface area (Å²) in [5, 5.41) is 16.5. The second-order valence-corrected chi connectivity index (χ2v) is 15.9. The number of amides is 3. The van der Waals surface area contributed by atoms with Gasteiger partial charge in [0.1, 0.15) is 12.4 Å². The molecule has 2 aromatic carbocycles. The fourth-order valence-corrected chi connectivity index (χ4v) is 7.38. The number of rotatable bonds is 12. The van der Waals surface area contributed by atoms with Gasteiger partial charge in [-0.2, -0.15) is 10.1 Å². The molecule has 13 nitrogen and oxygen atoms in total. The van der Waals surface area contributed by atoms with E-state index in [9.17, 15) is 14.4 Å². The van der Waals surface area contributed by atoms with Gasteiger partial charge in [-0.15, -0.1) is 0 Å². The van der Waals surface area contributed by atoms with Crippen molar-refractivity contribution in [2.24, 2.45) is 0 Å². The molecule has 2 aliphatic rings. The maximum atomic E-state index is 15.5. The van der Waals surface area contributed by atoms with Crippen LogP contribution in [0.25, 0.3) is 16.8 Å². The number of hydrogen-bond acceptors (Lipinski definition) is 10. The summed E-state index contributed by atoms with van der Waals surface area (Å²) in [5.41, 5.74) is 6.50. The lowest BCUT2D eigenvalue weighted by molar-refractivity contribution is -0.133. The van der Waals surface area contributed by atoms with E-state index < -0.39 is 23.8 Å². The zero-order valence-corrected chi connectivity index (χ0v) is 32.1. The van der Waals surface area contributed by atoms with Crippen LogP contribution in [0.15, 0.2) is 65.6 Å². The minimum absolute atomic E-state index is 0.00179. The molecule has 7 rings (SSSR count). The predicted molar refractivity (Wildman–Crippen MR) is 205 cm³/mol. The molecule has 3 amide bonds. The van der Waals surface area contributed by atoms with Gasteiger partial charge in [-0.3, -0.25) is 24.6 Å². The largest absolute Gasteiger partial charge is 0.374 e. The van der Waals surface area contributed by atoms with Crippen LogP contribution in [0, 0.1) is 6.92 Å². The molecular formula is C41H47F2N9O4. The molecule has 2 saturated heterocycles. The van der Waals surface area contributed by atoms with Crippen LogP contribution in [0.4, 0.5) is 14.5 Å². The van der Waals surface area contributed by atoms with Crippen molar-refractivity contribution >= 4 is 28.9 Å². The van der Waals surface area contributed by atoms with Crippen LogP contribution < -0.4 is 16.0 Å². The van der Waals surface area contributed by atoms with Gasteiger partial charge in [-0.1, -0.05) is 50.2 Å². The number of hydrogen-bond donors (Lipinski definition) is 3. The minimum Gasteiger partial charge on any atom is -0.374 e. The molecule has 2 aliphatic heterocycles. The number of piperidine rings is 2. The van der Waals surface area contributed by atoms with Crippen molar-refractivity contribution in [3.05, 3.63) is 95.0 Å². The van der Waals surface area contributed by atoms with Crippen LogP contribution in [0.2, 0.25) is 0 Å². The molecular weight excluding hydrogens is 721 g/mol. The van der Waals surface area contributed by atoms with Crippen LogP contribution in [0.3, 0.4) is 0 Å². The molecule has 2 unspecified atom stereocenters. The molecule has 2 atom stereocenters. The first-order valence-electron chi connectivity index (χ1n) is 19.1. The maximum absolute atomic E-state index is 15.5. The molecule has 3 N–H and O–H groups in total. The lowest BCUT2D eigenvalue weighted by atomic mass is 9.86. The Morgan fingerprint density at radius 3 is 2.59 bits per heavy atom. The summed E-state index contributed by atoms with van der Waals surface area (Å²) in [4.78, 5) is 46.9. The Balaban J connectivity index is 0.892. The van der Waals surface area contributed by atoms with Crippen molar-refractivity contribution in [3.63, 3.8) is 0 Å². The minimum atomic E-state index is -2.87. The first-order chi connectivity index (χ1) is 26.7. The number of imide groups is 1. The average molecular weight is 768 g/mol. The number of alkyl halides is 2. The van der Waals surface area contributed by atoms with Gasteiger partial charge in [0.2, 0.25) is 17.7 Å². The van der Waals surface area contributed by atoms with Crippen molar-refractivity contribution in [1.29, 1.82) is 0 Å². The van der Waals surface area contributed by atoms with Gasteiger partial charge in [-0.05, 0) is 98.6 Å². The molecule has 56 heavy (non-hydrogen) atoms. The third-order valence-electron chi connectivity index (χ3n) is 10.5. The number of nitrogens with one attached hydrogen (secondary N) is 3. The Labute approximate surface area is 323 Å². The van der Waals surface area contributed by atoms with Crippen LogP contribution in [-0.2, 0) is 28.0 Å². The molecule has 0 radical (unpaired) electrons. The van der Waals surface area contributed by atoms with E-state index >= 15 is 8.78 Å². The fraction of sp³-hybridized carbons (Fsp3) is 0.439. The topological polar surface area (TPSA) is 160 Å². The predicted octanol–water partition coefficient (Wildman–Crippen LogP) is 5.98. The Bertz CT molecular complexity index is 2230. The van der Waals surface area contributed by atoms with E-state index in [-0.39, 0.29) is 36.0 Å². The Hall–Kier alpha value is -5.57. The van der Waals surface area contributed by atoms with Crippen molar-refractivity contribution in [3.8, 4) is 11.3 Å². The number of fused-ring (bicyclic) bond motifs is 1. The smallest absolute Gasteiger partial charge is 0.292 e. The van der Waals surface area contributed by atoms with E-state index in [1.165, 1.54) is 6.33 Å².